The van der Waals surface area contributed by atoms with E-state index in [4.69, 9.17) is 0 Å². The van der Waals surface area contributed by atoms with Crippen LogP contribution in [0.3, 0.4) is 0 Å². The topological polar surface area (TPSA) is 35.8 Å². The Labute approximate surface area is 120 Å². The van der Waals surface area contributed by atoms with Gasteiger partial charge in [0.2, 0.25) is 0 Å². The molecule has 0 saturated heterocycles. The number of nitrogens with zero attached hydrogens (tertiary/aromatic N) is 1. The summed E-state index contributed by atoms with van der Waals surface area (Å²) < 4.78 is 0. The fraction of sp³-hybridized carbons (Fsp3) is 0.562. The average molecular weight is 274 g/mol. The van der Waals surface area contributed by atoms with Gasteiger partial charge in [0.15, 0.2) is 0 Å². The largest absolute Gasteiger partial charge is 0.297 e. The highest BCUT2D eigenvalue weighted by Crippen LogP contribution is 2.25. The van der Waals surface area contributed by atoms with Crippen LogP contribution >= 0.6 is 11.8 Å². The molecule has 2 nitrogen and oxygen atoms in total. The van der Waals surface area contributed by atoms with Crippen LogP contribution < -0.4 is 5.32 Å². The summed E-state index contributed by atoms with van der Waals surface area (Å²) in [5, 5.41) is 12.8. The van der Waals surface area contributed by atoms with Gasteiger partial charge in [-0.3, -0.25) is 5.32 Å². The van der Waals surface area contributed by atoms with Crippen molar-refractivity contribution in [1.29, 1.82) is 5.26 Å². The Morgan fingerprint density at radius 1 is 1.42 bits per heavy atom. The van der Waals surface area contributed by atoms with E-state index < -0.39 is 0 Å². The summed E-state index contributed by atoms with van der Waals surface area (Å²) in [6.45, 7) is 4.18. The van der Waals surface area contributed by atoms with Gasteiger partial charge in [-0.05, 0) is 50.0 Å². The Bertz CT molecular complexity index is 462. The lowest BCUT2D eigenvalue weighted by molar-refractivity contribution is 0.434. The zero-order valence-electron chi connectivity index (χ0n) is 11.8. The standard InChI is InChI=1S/C16H22N2S/c1-13-5-3-4-6-14(13)11-19-10-9-16(2,12-17)18-15-7-8-15/h3-6,15,18H,7-11H2,1-2H3. The average Bonchev–Trinajstić information content (AvgIpc) is 3.20. The molecule has 0 bridgehead atoms. The van der Waals surface area contributed by atoms with Gasteiger partial charge in [0.05, 0.1) is 6.07 Å². The van der Waals surface area contributed by atoms with Crippen molar-refractivity contribution in [1.82, 2.24) is 5.32 Å². The van der Waals surface area contributed by atoms with Crippen molar-refractivity contribution in [3.05, 3.63) is 35.4 Å². The number of hydrogen-bond acceptors (Lipinski definition) is 3. The van der Waals surface area contributed by atoms with Crippen LogP contribution in [0.5, 0.6) is 0 Å². The van der Waals surface area contributed by atoms with Crippen LogP contribution in [0.1, 0.15) is 37.3 Å². The highest BCUT2D eigenvalue weighted by atomic mass is 32.2. The monoisotopic (exact) mass is 274 g/mol. The number of aryl methyl sites for hydroxylation is 1. The van der Waals surface area contributed by atoms with Crippen LogP contribution in [0, 0.1) is 18.3 Å². The van der Waals surface area contributed by atoms with E-state index in [1.807, 2.05) is 18.7 Å². The molecule has 102 valence electrons. The SMILES string of the molecule is Cc1ccccc1CSCCC(C)(C#N)NC1CC1. The fourth-order valence-corrected chi connectivity index (χ4v) is 3.31. The maximum atomic E-state index is 9.30. The van der Waals surface area contributed by atoms with Crippen molar-refractivity contribution in [2.75, 3.05) is 5.75 Å². The molecule has 0 aliphatic heterocycles. The molecule has 1 aliphatic carbocycles. The first-order valence-corrected chi connectivity index (χ1v) is 8.10. The third-order valence-corrected chi connectivity index (χ3v) is 4.62. The molecule has 2 rings (SSSR count). The Hall–Kier alpha value is -0.980. The summed E-state index contributed by atoms with van der Waals surface area (Å²) in [7, 11) is 0. The zero-order chi connectivity index (χ0) is 13.7. The molecule has 0 aromatic heterocycles. The maximum absolute atomic E-state index is 9.30. The lowest BCUT2D eigenvalue weighted by Crippen LogP contribution is -2.42. The second-order valence-corrected chi connectivity index (χ2v) is 6.70. The van der Waals surface area contributed by atoms with Gasteiger partial charge in [-0.15, -0.1) is 0 Å². The van der Waals surface area contributed by atoms with Crippen LogP contribution in [0.15, 0.2) is 24.3 Å². The van der Waals surface area contributed by atoms with E-state index in [0.717, 1.165) is 17.9 Å². The van der Waals surface area contributed by atoms with E-state index in [1.54, 1.807) is 0 Å². The van der Waals surface area contributed by atoms with Gasteiger partial charge in [-0.2, -0.15) is 17.0 Å². The predicted octanol–water partition coefficient (Wildman–Crippen LogP) is 3.65. The van der Waals surface area contributed by atoms with Crippen LogP contribution in [0.25, 0.3) is 0 Å². The molecule has 3 heteroatoms. The lowest BCUT2D eigenvalue weighted by Gasteiger charge is -2.23. The molecule has 1 saturated carbocycles. The van der Waals surface area contributed by atoms with Crippen LogP contribution in [0.2, 0.25) is 0 Å². The number of nitrogens with one attached hydrogen (secondary N) is 1. The summed E-state index contributed by atoms with van der Waals surface area (Å²) in [5.74, 6) is 2.07. The van der Waals surface area contributed by atoms with Gasteiger partial charge in [0.1, 0.15) is 5.54 Å². The summed E-state index contributed by atoms with van der Waals surface area (Å²) in [6, 6.07) is 11.5. The van der Waals surface area contributed by atoms with Crippen molar-refractivity contribution in [3.8, 4) is 6.07 Å². The van der Waals surface area contributed by atoms with Crippen molar-refractivity contribution < 1.29 is 0 Å². The first-order valence-electron chi connectivity index (χ1n) is 6.94. The Morgan fingerprint density at radius 2 is 2.16 bits per heavy atom. The van der Waals surface area contributed by atoms with E-state index in [2.05, 4.69) is 42.6 Å². The molecule has 0 amide bonds. The molecule has 1 aromatic carbocycles. The van der Waals surface area contributed by atoms with Crippen molar-refractivity contribution in [2.24, 2.45) is 0 Å². The normalized spacial score (nSPS) is 17.7. The molecule has 1 aromatic rings. The van der Waals surface area contributed by atoms with Gasteiger partial charge >= 0.3 is 0 Å². The number of thioether (sulfide) groups is 1. The first kappa shape index (κ1) is 14.4. The number of hydrogen-bond donors (Lipinski definition) is 1. The molecule has 1 atom stereocenters. The van der Waals surface area contributed by atoms with Crippen molar-refractivity contribution in [3.63, 3.8) is 0 Å². The molecular formula is C16H22N2S. The van der Waals surface area contributed by atoms with Gasteiger partial charge in [-0.25, -0.2) is 0 Å². The summed E-state index contributed by atoms with van der Waals surface area (Å²) in [6.07, 6.45) is 3.37. The molecule has 1 unspecified atom stereocenters. The minimum Gasteiger partial charge on any atom is -0.297 e. The molecule has 1 fully saturated rings. The summed E-state index contributed by atoms with van der Waals surface area (Å²) in [4.78, 5) is 0. The van der Waals surface area contributed by atoms with Crippen LogP contribution in [-0.4, -0.2) is 17.3 Å². The van der Waals surface area contributed by atoms with E-state index in [-0.39, 0.29) is 5.54 Å². The third-order valence-electron chi connectivity index (χ3n) is 3.61. The Kier molecular flexibility index (Phi) is 4.90. The molecule has 1 N–H and O–H groups in total. The Balaban J connectivity index is 1.74. The second-order valence-electron chi connectivity index (χ2n) is 5.59. The molecular weight excluding hydrogens is 252 g/mol. The van der Waals surface area contributed by atoms with Crippen molar-refractivity contribution >= 4 is 11.8 Å². The maximum Gasteiger partial charge on any atom is 0.104 e. The Morgan fingerprint density at radius 3 is 2.79 bits per heavy atom. The van der Waals surface area contributed by atoms with Gasteiger partial charge in [0.25, 0.3) is 0 Å². The van der Waals surface area contributed by atoms with E-state index in [0.29, 0.717) is 6.04 Å². The van der Waals surface area contributed by atoms with Crippen LogP contribution in [0.4, 0.5) is 0 Å². The minimum atomic E-state index is -0.347. The number of nitriles is 1. The second kappa shape index (κ2) is 6.45. The van der Waals surface area contributed by atoms with Crippen molar-refractivity contribution in [2.45, 2.75) is 50.4 Å². The fourth-order valence-electron chi connectivity index (χ4n) is 2.07. The van der Waals surface area contributed by atoms with Gasteiger partial charge < -0.3 is 0 Å². The molecule has 1 aliphatic rings. The zero-order valence-corrected chi connectivity index (χ0v) is 12.6. The number of benzene rings is 1. The predicted molar refractivity (Wildman–Crippen MR) is 82.1 cm³/mol. The molecule has 0 heterocycles. The highest BCUT2D eigenvalue weighted by molar-refractivity contribution is 7.98. The minimum absolute atomic E-state index is 0.347. The molecule has 0 spiro atoms. The van der Waals surface area contributed by atoms with E-state index in [1.165, 1.54) is 24.0 Å². The summed E-state index contributed by atoms with van der Waals surface area (Å²) in [5.41, 5.74) is 2.41. The molecule has 0 radical (unpaired) electrons. The van der Waals surface area contributed by atoms with Gasteiger partial charge in [0, 0.05) is 11.8 Å². The van der Waals surface area contributed by atoms with E-state index in [9.17, 15) is 5.26 Å². The van der Waals surface area contributed by atoms with Gasteiger partial charge in [-0.1, -0.05) is 24.3 Å². The third kappa shape index (κ3) is 4.56. The summed E-state index contributed by atoms with van der Waals surface area (Å²) >= 11 is 1.92. The lowest BCUT2D eigenvalue weighted by atomic mass is 10.0. The quantitative estimate of drug-likeness (QED) is 0.771. The highest BCUT2D eigenvalue weighted by Gasteiger charge is 2.31. The smallest absolute Gasteiger partial charge is 0.104 e. The molecule has 19 heavy (non-hydrogen) atoms. The number of rotatable bonds is 7. The van der Waals surface area contributed by atoms with E-state index >= 15 is 0 Å². The first-order chi connectivity index (χ1) is 9.13. The van der Waals surface area contributed by atoms with Crippen LogP contribution in [-0.2, 0) is 5.75 Å².